The molecule has 0 bridgehead atoms. The van der Waals surface area contributed by atoms with Crippen LogP contribution in [-0.2, 0) is 10.0 Å². The van der Waals surface area contributed by atoms with Crippen molar-refractivity contribution < 1.29 is 22.6 Å². The Balaban J connectivity index is 1.47. The number of rotatable bonds is 7. The average molecular weight is 554 g/mol. The van der Waals surface area contributed by atoms with E-state index in [9.17, 15) is 23.3 Å². The summed E-state index contributed by atoms with van der Waals surface area (Å²) in [6, 6.07) is 14.0. The van der Waals surface area contributed by atoms with Crippen molar-refractivity contribution in [1.82, 2.24) is 9.29 Å². The molecule has 1 saturated heterocycles. The number of nitrogens with zero attached hydrogens (tertiary/aromatic N) is 5. The zero-order chi connectivity index (χ0) is 26.9. The lowest BCUT2D eigenvalue weighted by atomic mass is 10.2. The zero-order valence-electron chi connectivity index (χ0n) is 20.3. The highest BCUT2D eigenvalue weighted by Crippen LogP contribution is 2.31. The number of carbonyl (C=O) groups excluding carboxylic acids is 1. The predicted molar refractivity (Wildman–Crippen MR) is 143 cm³/mol. The summed E-state index contributed by atoms with van der Waals surface area (Å²) < 4.78 is 33.4. The van der Waals surface area contributed by atoms with Crippen molar-refractivity contribution in [2.45, 2.75) is 31.1 Å². The Morgan fingerprint density at radius 2 is 1.87 bits per heavy atom. The minimum Gasteiger partial charge on any atom is -0.400 e. The maximum Gasteiger partial charge on any atom is 0.433 e. The van der Waals surface area contributed by atoms with Gasteiger partial charge in [0.1, 0.15) is 4.92 Å². The van der Waals surface area contributed by atoms with Gasteiger partial charge in [0.2, 0.25) is 15.2 Å². The van der Waals surface area contributed by atoms with E-state index in [2.05, 4.69) is 10.1 Å². The molecule has 0 unspecified atom stereocenters. The predicted octanol–water partition coefficient (Wildman–Crippen LogP) is 4.96. The number of piperidine rings is 1. The van der Waals surface area contributed by atoms with E-state index in [-0.39, 0.29) is 21.4 Å². The number of furan rings is 1. The van der Waals surface area contributed by atoms with Gasteiger partial charge in [-0.2, -0.15) is 14.4 Å². The SMILES string of the molecule is Cc1ccc2nc(N(/N=C/c3ccc([N+](=O)[O-])o3)C(=O)c3ccc(S(=O)(=O)N4CCCCC4)cc3)sc2c1. The molecule has 3 heterocycles. The fraction of sp³-hybridized carbons (Fsp3) is 0.240. The molecule has 1 fully saturated rings. The Morgan fingerprint density at radius 1 is 1.13 bits per heavy atom. The first-order valence-electron chi connectivity index (χ1n) is 11.8. The first-order chi connectivity index (χ1) is 18.2. The van der Waals surface area contributed by atoms with Crippen LogP contribution in [0.2, 0.25) is 0 Å². The molecule has 0 saturated carbocycles. The Labute approximate surface area is 222 Å². The highest BCUT2D eigenvalue weighted by molar-refractivity contribution is 7.89. The second-order valence-corrected chi connectivity index (χ2v) is 11.7. The van der Waals surface area contributed by atoms with Crippen molar-refractivity contribution in [3.8, 4) is 0 Å². The number of fused-ring (bicyclic) bond motifs is 1. The molecular formula is C25H23N5O6S2. The van der Waals surface area contributed by atoms with Crippen LogP contribution in [0.5, 0.6) is 0 Å². The first kappa shape index (κ1) is 25.7. The average Bonchev–Trinajstić information content (AvgIpc) is 3.56. The molecule has 0 atom stereocenters. The van der Waals surface area contributed by atoms with Gasteiger partial charge >= 0.3 is 5.88 Å². The van der Waals surface area contributed by atoms with Crippen LogP contribution in [0.4, 0.5) is 11.0 Å². The maximum atomic E-state index is 13.6. The van der Waals surface area contributed by atoms with Crippen molar-refractivity contribution in [1.29, 1.82) is 0 Å². The van der Waals surface area contributed by atoms with Crippen molar-refractivity contribution in [2.75, 3.05) is 18.1 Å². The number of hydrazone groups is 1. The number of thiazole rings is 1. The number of carbonyl (C=O) groups is 1. The number of amides is 1. The van der Waals surface area contributed by atoms with Gasteiger partial charge in [0.05, 0.1) is 27.4 Å². The Hall–Kier alpha value is -3.94. The van der Waals surface area contributed by atoms with Gasteiger partial charge in [-0.15, -0.1) is 0 Å². The van der Waals surface area contributed by atoms with Gasteiger partial charge in [-0.1, -0.05) is 23.8 Å². The number of anilines is 1. The summed E-state index contributed by atoms with van der Waals surface area (Å²) >= 11 is 1.25. The molecule has 0 aliphatic carbocycles. The number of nitro groups is 1. The Bertz CT molecular complexity index is 1640. The smallest absolute Gasteiger partial charge is 0.400 e. The summed E-state index contributed by atoms with van der Waals surface area (Å²) in [5.41, 5.74) is 1.91. The topological polar surface area (TPSA) is 139 Å². The molecule has 196 valence electrons. The van der Waals surface area contributed by atoms with Crippen LogP contribution < -0.4 is 5.01 Å². The van der Waals surface area contributed by atoms with E-state index in [1.807, 2.05) is 25.1 Å². The van der Waals surface area contributed by atoms with Crippen LogP contribution in [-0.4, -0.2) is 47.8 Å². The van der Waals surface area contributed by atoms with Crippen molar-refractivity contribution in [3.63, 3.8) is 0 Å². The van der Waals surface area contributed by atoms with Gasteiger partial charge in [0, 0.05) is 18.7 Å². The highest BCUT2D eigenvalue weighted by Gasteiger charge is 2.27. The first-order valence-corrected chi connectivity index (χ1v) is 14.1. The molecular weight excluding hydrogens is 530 g/mol. The lowest BCUT2D eigenvalue weighted by molar-refractivity contribution is -0.402. The summed E-state index contributed by atoms with van der Waals surface area (Å²) in [6.07, 6.45) is 3.84. The van der Waals surface area contributed by atoms with Gasteiger partial charge in [0.15, 0.2) is 5.76 Å². The van der Waals surface area contributed by atoms with Crippen LogP contribution in [0.1, 0.15) is 40.9 Å². The number of aromatic nitrogens is 1. The molecule has 5 rings (SSSR count). The normalized spacial score (nSPS) is 14.8. The third-order valence-electron chi connectivity index (χ3n) is 6.05. The number of hydrogen-bond acceptors (Lipinski definition) is 9. The van der Waals surface area contributed by atoms with Crippen LogP contribution in [0, 0.1) is 17.0 Å². The van der Waals surface area contributed by atoms with Gasteiger partial charge in [-0.05, 0) is 67.8 Å². The van der Waals surface area contributed by atoms with Crippen LogP contribution in [0.25, 0.3) is 10.2 Å². The van der Waals surface area contributed by atoms with E-state index in [1.54, 1.807) is 0 Å². The van der Waals surface area contributed by atoms with Crippen molar-refractivity contribution >= 4 is 54.7 Å². The standard InChI is InChI=1S/C25H23N5O6S2/c1-17-5-11-21-22(15-17)37-25(27-21)29(26-16-19-8-12-23(36-19)30(32)33)24(31)18-6-9-20(10-7-18)38(34,35)28-13-3-2-4-14-28/h5-12,15-16H,2-4,13-14H2,1H3/b26-16+. The summed E-state index contributed by atoms with van der Waals surface area (Å²) in [4.78, 5) is 28.5. The molecule has 0 N–H and O–H groups in total. The Kier molecular flexibility index (Phi) is 7.06. The van der Waals surface area contributed by atoms with E-state index in [0.717, 1.165) is 34.5 Å². The van der Waals surface area contributed by atoms with Gasteiger partial charge in [-0.3, -0.25) is 14.9 Å². The molecule has 2 aromatic carbocycles. The third-order valence-corrected chi connectivity index (χ3v) is 8.96. The molecule has 1 aliphatic heterocycles. The number of sulfonamides is 1. The van der Waals surface area contributed by atoms with Gasteiger partial charge in [-0.25, -0.2) is 13.4 Å². The van der Waals surface area contributed by atoms with E-state index >= 15 is 0 Å². The summed E-state index contributed by atoms with van der Waals surface area (Å²) in [7, 11) is -3.65. The highest BCUT2D eigenvalue weighted by atomic mass is 32.2. The Morgan fingerprint density at radius 3 is 2.55 bits per heavy atom. The van der Waals surface area contributed by atoms with Crippen molar-refractivity contribution in [3.05, 3.63) is 81.6 Å². The molecule has 1 amide bonds. The second kappa shape index (κ2) is 10.4. The number of aryl methyl sites for hydroxylation is 1. The maximum absolute atomic E-state index is 13.6. The molecule has 1 aliphatic rings. The lowest BCUT2D eigenvalue weighted by Crippen LogP contribution is -2.35. The minimum atomic E-state index is -3.65. The monoisotopic (exact) mass is 553 g/mol. The number of hydrogen-bond donors (Lipinski definition) is 0. The number of benzene rings is 2. The summed E-state index contributed by atoms with van der Waals surface area (Å²) in [5, 5.41) is 16.5. The van der Waals surface area contributed by atoms with E-state index in [1.165, 1.54) is 58.3 Å². The molecule has 11 nitrogen and oxygen atoms in total. The zero-order valence-corrected chi connectivity index (χ0v) is 21.9. The summed E-state index contributed by atoms with van der Waals surface area (Å²) in [5.74, 6) is -0.931. The lowest BCUT2D eigenvalue weighted by Gasteiger charge is -2.25. The molecule has 0 radical (unpaired) electrons. The summed E-state index contributed by atoms with van der Waals surface area (Å²) in [6.45, 7) is 2.91. The molecule has 4 aromatic rings. The molecule has 0 spiro atoms. The molecule has 38 heavy (non-hydrogen) atoms. The van der Waals surface area contributed by atoms with E-state index in [4.69, 9.17) is 4.42 Å². The van der Waals surface area contributed by atoms with Crippen LogP contribution in [0.15, 0.2) is 69.0 Å². The van der Waals surface area contributed by atoms with Gasteiger partial charge < -0.3 is 4.42 Å². The minimum absolute atomic E-state index is 0.0782. The van der Waals surface area contributed by atoms with Crippen LogP contribution >= 0.6 is 11.3 Å². The quantitative estimate of drug-likeness (QED) is 0.179. The fourth-order valence-electron chi connectivity index (χ4n) is 4.07. The largest absolute Gasteiger partial charge is 0.433 e. The molecule has 2 aromatic heterocycles. The third kappa shape index (κ3) is 5.21. The van der Waals surface area contributed by atoms with Crippen molar-refractivity contribution in [2.24, 2.45) is 5.10 Å². The van der Waals surface area contributed by atoms with Crippen LogP contribution in [0.3, 0.4) is 0 Å². The second-order valence-electron chi connectivity index (χ2n) is 8.75. The van der Waals surface area contributed by atoms with Gasteiger partial charge in [0.25, 0.3) is 5.91 Å². The van der Waals surface area contributed by atoms with E-state index in [0.29, 0.717) is 18.6 Å². The van der Waals surface area contributed by atoms with E-state index < -0.39 is 26.7 Å². The molecule has 13 heteroatoms. The fourth-order valence-corrected chi connectivity index (χ4v) is 6.61.